The van der Waals surface area contributed by atoms with Gasteiger partial charge in [-0.05, 0) is 64.2 Å². The Kier molecular flexibility index (Phi) is 54.1. The highest BCUT2D eigenvalue weighted by molar-refractivity contribution is 7.47. The van der Waals surface area contributed by atoms with Gasteiger partial charge in [0.25, 0.3) is 0 Å². The molecule has 0 aromatic carbocycles. The zero-order valence-electron chi connectivity index (χ0n) is 49.1. The van der Waals surface area contributed by atoms with Gasteiger partial charge in [0.05, 0.1) is 27.7 Å². The van der Waals surface area contributed by atoms with Crippen LogP contribution in [-0.4, -0.2) is 74.9 Å². The van der Waals surface area contributed by atoms with E-state index in [1.165, 1.54) is 250 Å². The van der Waals surface area contributed by atoms with Crippen LogP contribution in [0.3, 0.4) is 0 Å². The van der Waals surface area contributed by atoms with Crippen LogP contribution in [0.5, 0.6) is 0 Å². The van der Waals surface area contributed by atoms with Crippen molar-refractivity contribution in [2.75, 3.05) is 47.5 Å². The maximum absolute atomic E-state index is 12.8. The van der Waals surface area contributed by atoms with Gasteiger partial charge in [-0.15, -0.1) is 0 Å². The van der Waals surface area contributed by atoms with Gasteiger partial charge < -0.3 is 18.9 Å². The maximum Gasteiger partial charge on any atom is 0.472 e. The molecule has 2 unspecified atom stereocenters. The summed E-state index contributed by atoms with van der Waals surface area (Å²) in [5.74, 6) is -0.785. The lowest BCUT2D eigenvalue weighted by Crippen LogP contribution is -2.37. The highest BCUT2D eigenvalue weighted by Crippen LogP contribution is 2.43. The van der Waals surface area contributed by atoms with Gasteiger partial charge in [0.1, 0.15) is 19.8 Å². The van der Waals surface area contributed by atoms with Crippen molar-refractivity contribution in [2.24, 2.45) is 0 Å². The number of quaternary nitrogens is 1. The first kappa shape index (κ1) is 71.5. The molecule has 0 heterocycles. The van der Waals surface area contributed by atoms with Gasteiger partial charge in [-0.1, -0.05) is 263 Å². The Labute approximate surface area is 453 Å². The summed E-state index contributed by atoms with van der Waals surface area (Å²) in [6.07, 6.45) is 66.9. The van der Waals surface area contributed by atoms with Crippen LogP contribution in [0.1, 0.15) is 316 Å². The van der Waals surface area contributed by atoms with Gasteiger partial charge in [0.2, 0.25) is 0 Å². The van der Waals surface area contributed by atoms with Crippen LogP contribution in [0.4, 0.5) is 0 Å². The molecule has 0 saturated heterocycles. The Morgan fingerprint density at radius 3 is 1.01 bits per heavy atom. The van der Waals surface area contributed by atoms with E-state index >= 15 is 0 Å². The minimum absolute atomic E-state index is 0.0338. The molecular formula is C63H123NO8P+. The lowest BCUT2D eigenvalue weighted by molar-refractivity contribution is -0.870. The first-order valence-corrected chi connectivity index (χ1v) is 33.1. The number of allylic oxidation sites excluding steroid dienone is 4. The lowest BCUT2D eigenvalue weighted by atomic mass is 10.0. The SMILES string of the molecule is CCCCCCCCC/C=C\CCCCCCCCCC(=O)OCC(COP(=O)(O)OCC[N+](C)(C)C)OC(=O)CCCCCCCCCCCCCCCCCCCCC/C=C\CCCCCCCCCC. The third kappa shape index (κ3) is 59.6. The van der Waals surface area contributed by atoms with Crippen molar-refractivity contribution in [3.8, 4) is 0 Å². The molecule has 0 spiro atoms. The summed E-state index contributed by atoms with van der Waals surface area (Å²) in [4.78, 5) is 35.7. The summed E-state index contributed by atoms with van der Waals surface area (Å²) < 4.78 is 34.6. The first-order chi connectivity index (χ1) is 35.5. The van der Waals surface area contributed by atoms with Crippen LogP contribution in [0.15, 0.2) is 24.3 Å². The molecule has 432 valence electrons. The molecule has 0 aliphatic rings. The number of nitrogens with zero attached hydrogens (tertiary/aromatic N) is 1. The fourth-order valence-corrected chi connectivity index (χ4v) is 10.0. The Balaban J connectivity index is 4.02. The molecule has 1 N–H and O–H groups in total. The van der Waals surface area contributed by atoms with E-state index in [4.69, 9.17) is 18.5 Å². The second-order valence-electron chi connectivity index (χ2n) is 22.8. The molecule has 2 atom stereocenters. The molecule has 0 aromatic heterocycles. The number of carbonyl (C=O) groups excluding carboxylic acids is 2. The number of ether oxygens (including phenoxy) is 2. The minimum atomic E-state index is -4.38. The molecule has 73 heavy (non-hydrogen) atoms. The summed E-state index contributed by atoms with van der Waals surface area (Å²) >= 11 is 0. The number of likely N-dealkylation sites (N-methyl/N-ethyl adjacent to an activating group) is 1. The second kappa shape index (κ2) is 55.3. The molecule has 0 radical (unpaired) electrons. The fourth-order valence-electron chi connectivity index (χ4n) is 9.30. The minimum Gasteiger partial charge on any atom is -0.462 e. The molecule has 0 aliphatic heterocycles. The van der Waals surface area contributed by atoms with Gasteiger partial charge in [-0.25, -0.2) is 4.57 Å². The van der Waals surface area contributed by atoms with E-state index < -0.39 is 26.5 Å². The van der Waals surface area contributed by atoms with Crippen molar-refractivity contribution in [3.05, 3.63) is 24.3 Å². The van der Waals surface area contributed by atoms with Gasteiger partial charge in [0, 0.05) is 12.8 Å². The molecular weight excluding hydrogens is 930 g/mol. The third-order valence-corrected chi connectivity index (χ3v) is 15.2. The van der Waals surface area contributed by atoms with Crippen LogP contribution in [-0.2, 0) is 32.7 Å². The lowest BCUT2D eigenvalue weighted by Gasteiger charge is -2.24. The van der Waals surface area contributed by atoms with E-state index in [-0.39, 0.29) is 32.0 Å². The molecule has 0 bridgehead atoms. The number of phosphoric acid groups is 1. The molecule has 9 nitrogen and oxygen atoms in total. The smallest absolute Gasteiger partial charge is 0.462 e. The average Bonchev–Trinajstić information content (AvgIpc) is 3.35. The molecule has 0 saturated carbocycles. The van der Waals surface area contributed by atoms with E-state index in [9.17, 15) is 19.0 Å². The number of esters is 2. The van der Waals surface area contributed by atoms with Crippen molar-refractivity contribution in [1.82, 2.24) is 0 Å². The third-order valence-electron chi connectivity index (χ3n) is 14.2. The predicted octanol–water partition coefficient (Wildman–Crippen LogP) is 19.8. The van der Waals surface area contributed by atoms with E-state index in [2.05, 4.69) is 38.2 Å². The van der Waals surface area contributed by atoms with Crippen LogP contribution in [0.2, 0.25) is 0 Å². The summed E-state index contributed by atoms with van der Waals surface area (Å²) in [5.41, 5.74) is 0. The van der Waals surface area contributed by atoms with Gasteiger partial charge in [-0.3, -0.25) is 18.6 Å². The summed E-state index contributed by atoms with van der Waals surface area (Å²) in [5, 5.41) is 0. The van der Waals surface area contributed by atoms with Crippen molar-refractivity contribution in [1.29, 1.82) is 0 Å². The van der Waals surface area contributed by atoms with Crippen molar-refractivity contribution in [2.45, 2.75) is 322 Å². The summed E-state index contributed by atoms with van der Waals surface area (Å²) in [7, 11) is 1.49. The quantitative estimate of drug-likeness (QED) is 0.0211. The number of unbranched alkanes of at least 4 members (excludes halogenated alkanes) is 41. The number of hydrogen-bond donors (Lipinski definition) is 1. The average molecular weight is 1050 g/mol. The molecule has 0 amide bonds. The number of carbonyl (C=O) groups is 2. The number of rotatable bonds is 59. The zero-order valence-corrected chi connectivity index (χ0v) is 50.0. The molecule has 0 aliphatic carbocycles. The van der Waals surface area contributed by atoms with Crippen molar-refractivity contribution >= 4 is 19.8 Å². The van der Waals surface area contributed by atoms with Crippen LogP contribution >= 0.6 is 7.82 Å². The van der Waals surface area contributed by atoms with E-state index in [1.807, 2.05) is 21.1 Å². The standard InChI is InChI=1S/C63H122NO8P/c1-6-8-10-12-14-16-18-20-22-24-26-27-28-29-30-31-32-33-34-35-36-37-38-40-42-44-46-48-50-52-54-56-63(66)72-61(60-71-73(67,68)70-58-57-64(3,4)5)59-69-62(65)55-53-51-49-47-45-43-41-39-25-23-21-19-17-15-13-11-9-7-2/h23-26,61H,6-22,27-60H2,1-5H3/p+1/b25-23-,26-24-. The van der Waals surface area contributed by atoms with Crippen LogP contribution < -0.4 is 0 Å². The van der Waals surface area contributed by atoms with Gasteiger partial charge in [0.15, 0.2) is 6.10 Å². The van der Waals surface area contributed by atoms with E-state index in [0.717, 1.165) is 32.1 Å². The Morgan fingerprint density at radius 2 is 0.699 bits per heavy atom. The predicted molar refractivity (Wildman–Crippen MR) is 312 cm³/mol. The topological polar surface area (TPSA) is 108 Å². The highest BCUT2D eigenvalue weighted by atomic mass is 31.2. The van der Waals surface area contributed by atoms with E-state index in [0.29, 0.717) is 17.4 Å². The first-order valence-electron chi connectivity index (χ1n) is 31.6. The summed E-state index contributed by atoms with van der Waals surface area (Å²) in [6.45, 7) is 4.48. The molecule has 0 fully saturated rings. The van der Waals surface area contributed by atoms with Crippen LogP contribution in [0, 0.1) is 0 Å². The Hall–Kier alpha value is -1.51. The summed E-state index contributed by atoms with van der Waals surface area (Å²) in [6, 6.07) is 0. The number of phosphoric ester groups is 1. The zero-order chi connectivity index (χ0) is 53.5. The molecule has 0 rings (SSSR count). The van der Waals surface area contributed by atoms with Gasteiger partial charge in [-0.2, -0.15) is 0 Å². The Morgan fingerprint density at radius 1 is 0.411 bits per heavy atom. The maximum atomic E-state index is 12.8. The number of hydrogen-bond acceptors (Lipinski definition) is 7. The largest absolute Gasteiger partial charge is 0.472 e. The normalized spacial score (nSPS) is 13.3. The van der Waals surface area contributed by atoms with Gasteiger partial charge >= 0.3 is 19.8 Å². The van der Waals surface area contributed by atoms with Crippen molar-refractivity contribution < 1.29 is 42.1 Å². The molecule has 10 heteroatoms. The van der Waals surface area contributed by atoms with E-state index in [1.54, 1.807) is 0 Å². The highest BCUT2D eigenvalue weighted by Gasteiger charge is 2.27. The Bertz CT molecular complexity index is 1280. The van der Waals surface area contributed by atoms with Crippen molar-refractivity contribution in [3.63, 3.8) is 0 Å². The fraction of sp³-hybridized carbons (Fsp3) is 0.905. The molecule has 0 aromatic rings. The van der Waals surface area contributed by atoms with Crippen LogP contribution in [0.25, 0.3) is 0 Å². The second-order valence-corrected chi connectivity index (χ2v) is 24.2. The monoisotopic (exact) mass is 1050 g/mol.